The molecule has 2 aromatic rings. The molecule has 0 amide bonds. The number of H-pyrrole nitrogens is 1. The summed E-state index contributed by atoms with van der Waals surface area (Å²) >= 11 is 4.23. The van der Waals surface area contributed by atoms with Crippen molar-refractivity contribution in [1.29, 1.82) is 0 Å². The summed E-state index contributed by atoms with van der Waals surface area (Å²) in [4.78, 5) is 8.00. The van der Waals surface area contributed by atoms with Crippen molar-refractivity contribution < 1.29 is 0 Å². The molecule has 0 spiro atoms. The lowest BCUT2D eigenvalue weighted by Gasteiger charge is -1.85. The van der Waals surface area contributed by atoms with Crippen LogP contribution in [0.2, 0.25) is 0 Å². The molecule has 1 N–H and O–H groups in total. The Balaban J connectivity index is 2.93. The second kappa shape index (κ2) is 2.02. The van der Waals surface area contributed by atoms with Crippen LogP contribution in [0.5, 0.6) is 0 Å². The monoisotopic (exact) mass is 150 g/mol. The number of thiol groups is 1. The van der Waals surface area contributed by atoms with Crippen molar-refractivity contribution in [2.24, 2.45) is 0 Å². The lowest BCUT2D eigenvalue weighted by Crippen LogP contribution is -1.69. The Hall–Kier alpha value is -0.960. The number of rotatable bonds is 0. The average Bonchev–Trinajstić information content (AvgIpc) is 2.34. The number of hydrogen-bond acceptors (Lipinski definition) is 2. The van der Waals surface area contributed by atoms with E-state index in [2.05, 4.69) is 22.6 Å². The molecule has 0 saturated heterocycles. The second-order valence-corrected chi connectivity index (χ2v) is 2.58. The van der Waals surface area contributed by atoms with Crippen LogP contribution in [-0.2, 0) is 0 Å². The predicted molar refractivity (Wildman–Crippen MR) is 43.3 cm³/mol. The molecule has 2 aromatic heterocycles. The van der Waals surface area contributed by atoms with Gasteiger partial charge in [-0.3, -0.25) is 4.98 Å². The molecule has 0 atom stereocenters. The fourth-order valence-electron chi connectivity index (χ4n) is 0.948. The van der Waals surface area contributed by atoms with Crippen molar-refractivity contribution in [3.63, 3.8) is 0 Å². The lowest BCUT2D eigenvalue weighted by atomic mass is 10.3. The molecule has 2 nitrogen and oxygen atoms in total. The quantitative estimate of drug-likeness (QED) is 0.551. The highest BCUT2D eigenvalue weighted by atomic mass is 32.1. The molecule has 10 heavy (non-hydrogen) atoms. The number of hydrogen-bond donors (Lipinski definition) is 2. The van der Waals surface area contributed by atoms with Crippen LogP contribution in [0, 0.1) is 0 Å². The van der Waals surface area contributed by atoms with Crippen LogP contribution < -0.4 is 0 Å². The highest BCUT2D eigenvalue weighted by molar-refractivity contribution is 7.80. The van der Waals surface area contributed by atoms with Gasteiger partial charge in [-0.1, -0.05) is 0 Å². The molecule has 0 bridgehead atoms. The first-order chi connectivity index (χ1) is 4.88. The molecule has 0 aliphatic rings. The van der Waals surface area contributed by atoms with Crippen molar-refractivity contribution in [2.75, 3.05) is 0 Å². The van der Waals surface area contributed by atoms with Crippen LogP contribution in [0.25, 0.3) is 10.9 Å². The summed E-state index contributed by atoms with van der Waals surface area (Å²) in [6.07, 6.45) is 5.41. The molecule has 0 aromatic carbocycles. The van der Waals surface area contributed by atoms with E-state index in [1.54, 1.807) is 12.4 Å². The largest absolute Gasteiger partial charge is 0.360 e. The minimum absolute atomic E-state index is 0.947. The first kappa shape index (κ1) is 5.80. The Morgan fingerprint density at radius 1 is 1.50 bits per heavy atom. The molecule has 50 valence electrons. The summed E-state index contributed by atoms with van der Waals surface area (Å²) < 4.78 is 0. The zero-order chi connectivity index (χ0) is 6.97. The Bertz CT molecular complexity index is 353. The minimum Gasteiger partial charge on any atom is -0.360 e. The third kappa shape index (κ3) is 0.708. The SMILES string of the molecule is Sc1c[nH]c2ccncc12. The standard InChI is InChI=1S/C7H6N2S/c10-7-4-9-6-1-2-8-3-5(6)7/h1-4,9-10H. The van der Waals surface area contributed by atoms with Crippen LogP contribution in [0.15, 0.2) is 29.6 Å². The lowest BCUT2D eigenvalue weighted by molar-refractivity contribution is 1.35. The van der Waals surface area contributed by atoms with Gasteiger partial charge in [0, 0.05) is 34.4 Å². The Labute approximate surface area is 63.7 Å². The second-order valence-electron chi connectivity index (χ2n) is 2.10. The fourth-order valence-corrected chi connectivity index (χ4v) is 1.19. The smallest absolute Gasteiger partial charge is 0.0496 e. The molecule has 0 aliphatic carbocycles. The molecule has 2 rings (SSSR count). The van der Waals surface area contributed by atoms with Gasteiger partial charge in [-0.05, 0) is 6.07 Å². The maximum absolute atomic E-state index is 4.23. The molecule has 0 radical (unpaired) electrons. The van der Waals surface area contributed by atoms with Crippen LogP contribution in [0.4, 0.5) is 0 Å². The van der Waals surface area contributed by atoms with Gasteiger partial charge >= 0.3 is 0 Å². The number of pyridine rings is 1. The zero-order valence-electron chi connectivity index (χ0n) is 5.20. The Morgan fingerprint density at radius 3 is 3.20 bits per heavy atom. The molecule has 0 unspecified atom stereocenters. The van der Waals surface area contributed by atoms with Crippen LogP contribution in [-0.4, -0.2) is 9.97 Å². The van der Waals surface area contributed by atoms with E-state index in [-0.39, 0.29) is 0 Å². The summed E-state index contributed by atoms with van der Waals surface area (Å²) in [5.74, 6) is 0. The summed E-state index contributed by atoms with van der Waals surface area (Å²) in [6, 6.07) is 1.93. The van der Waals surface area contributed by atoms with Gasteiger partial charge in [0.2, 0.25) is 0 Å². The third-order valence-electron chi connectivity index (χ3n) is 1.46. The van der Waals surface area contributed by atoms with E-state index in [0.29, 0.717) is 0 Å². The normalized spacial score (nSPS) is 10.5. The van der Waals surface area contributed by atoms with E-state index in [9.17, 15) is 0 Å². The number of fused-ring (bicyclic) bond motifs is 1. The summed E-state index contributed by atoms with van der Waals surface area (Å²) in [5.41, 5.74) is 1.08. The molecular formula is C7H6N2S. The van der Waals surface area contributed by atoms with E-state index < -0.39 is 0 Å². The number of nitrogens with one attached hydrogen (secondary N) is 1. The van der Waals surface area contributed by atoms with Crippen LogP contribution in [0.3, 0.4) is 0 Å². The zero-order valence-corrected chi connectivity index (χ0v) is 6.10. The van der Waals surface area contributed by atoms with Gasteiger partial charge in [-0.15, -0.1) is 12.6 Å². The molecule has 0 fully saturated rings. The van der Waals surface area contributed by atoms with E-state index in [1.165, 1.54) is 0 Å². The van der Waals surface area contributed by atoms with Gasteiger partial charge < -0.3 is 4.98 Å². The third-order valence-corrected chi connectivity index (χ3v) is 1.83. The molecule has 3 heteroatoms. The maximum Gasteiger partial charge on any atom is 0.0496 e. The molecule has 0 saturated carbocycles. The topological polar surface area (TPSA) is 28.7 Å². The minimum atomic E-state index is 0.947. The Morgan fingerprint density at radius 2 is 2.40 bits per heavy atom. The average molecular weight is 150 g/mol. The predicted octanol–water partition coefficient (Wildman–Crippen LogP) is 1.85. The summed E-state index contributed by atoms with van der Waals surface area (Å²) in [5, 5.41) is 1.07. The fraction of sp³-hybridized carbons (Fsp3) is 0. The summed E-state index contributed by atoms with van der Waals surface area (Å²) in [6.45, 7) is 0. The highest BCUT2D eigenvalue weighted by Crippen LogP contribution is 2.18. The Kier molecular flexibility index (Phi) is 1.17. The van der Waals surface area contributed by atoms with Crippen molar-refractivity contribution in [3.8, 4) is 0 Å². The first-order valence-corrected chi connectivity index (χ1v) is 3.43. The first-order valence-electron chi connectivity index (χ1n) is 2.98. The van der Waals surface area contributed by atoms with Gasteiger partial charge in [-0.2, -0.15) is 0 Å². The van der Waals surface area contributed by atoms with Gasteiger partial charge in [0.05, 0.1) is 0 Å². The van der Waals surface area contributed by atoms with Crippen LogP contribution in [0.1, 0.15) is 0 Å². The van der Waals surface area contributed by atoms with Crippen molar-refractivity contribution in [1.82, 2.24) is 9.97 Å². The van der Waals surface area contributed by atoms with Gasteiger partial charge in [0.1, 0.15) is 0 Å². The van der Waals surface area contributed by atoms with Crippen molar-refractivity contribution in [2.45, 2.75) is 4.90 Å². The summed E-state index contributed by atoms with van der Waals surface area (Å²) in [7, 11) is 0. The maximum atomic E-state index is 4.23. The number of nitrogens with zero attached hydrogens (tertiary/aromatic N) is 1. The molecular weight excluding hydrogens is 144 g/mol. The van der Waals surface area contributed by atoms with Gasteiger partial charge in [0.15, 0.2) is 0 Å². The van der Waals surface area contributed by atoms with Crippen LogP contribution >= 0.6 is 12.6 Å². The van der Waals surface area contributed by atoms with Gasteiger partial charge in [0.25, 0.3) is 0 Å². The van der Waals surface area contributed by atoms with E-state index >= 15 is 0 Å². The number of aromatic amines is 1. The van der Waals surface area contributed by atoms with Crippen molar-refractivity contribution >= 4 is 23.5 Å². The molecule has 0 aliphatic heterocycles. The van der Waals surface area contributed by atoms with E-state index in [0.717, 1.165) is 15.8 Å². The molecule has 2 heterocycles. The number of aromatic nitrogens is 2. The highest BCUT2D eigenvalue weighted by Gasteiger charge is 1.96. The van der Waals surface area contributed by atoms with E-state index in [4.69, 9.17) is 0 Å². The van der Waals surface area contributed by atoms with E-state index in [1.807, 2.05) is 12.3 Å². The van der Waals surface area contributed by atoms with Crippen molar-refractivity contribution in [3.05, 3.63) is 24.7 Å². The van der Waals surface area contributed by atoms with Gasteiger partial charge in [-0.25, -0.2) is 0 Å².